The van der Waals surface area contributed by atoms with Crippen LogP contribution in [0, 0.1) is 13.8 Å². The molecule has 0 radical (unpaired) electrons. The van der Waals surface area contributed by atoms with Crippen molar-refractivity contribution in [2.45, 2.75) is 19.9 Å². The van der Waals surface area contributed by atoms with Crippen molar-refractivity contribution in [1.29, 1.82) is 0 Å². The normalized spacial score (nSPS) is 17.2. The van der Waals surface area contributed by atoms with E-state index in [-0.39, 0.29) is 11.3 Å². The molecule has 4 rings (SSSR count). The van der Waals surface area contributed by atoms with E-state index in [0.717, 1.165) is 16.8 Å². The highest BCUT2D eigenvalue weighted by atomic mass is 16.5. The van der Waals surface area contributed by atoms with Gasteiger partial charge in [-0.25, -0.2) is 0 Å². The number of aryl methyl sites for hydroxylation is 2. The summed E-state index contributed by atoms with van der Waals surface area (Å²) in [6.45, 7) is 3.68. The summed E-state index contributed by atoms with van der Waals surface area (Å²) < 4.78 is 5.38. The zero-order valence-corrected chi connectivity index (χ0v) is 19.9. The number of aromatic nitrogens is 1. The molecule has 1 aliphatic rings. The number of aliphatic hydroxyl groups excluding tert-OH is 1. The van der Waals surface area contributed by atoms with E-state index in [1.807, 2.05) is 45.0 Å². The summed E-state index contributed by atoms with van der Waals surface area (Å²) in [5.74, 6) is -1.02. The van der Waals surface area contributed by atoms with Gasteiger partial charge in [-0.3, -0.25) is 19.5 Å². The molecule has 0 bridgehead atoms. The third-order valence-corrected chi connectivity index (χ3v) is 6.05. The number of Topliss-reactive ketones (excluding diaryl/α,β-unsaturated/α-hetero) is 1. The van der Waals surface area contributed by atoms with Gasteiger partial charge in [0.1, 0.15) is 17.6 Å². The number of aliphatic hydroxyl groups is 1. The Kier molecular flexibility index (Phi) is 6.11. The van der Waals surface area contributed by atoms with E-state index in [4.69, 9.17) is 4.74 Å². The van der Waals surface area contributed by atoms with Gasteiger partial charge in [-0.2, -0.15) is 0 Å². The largest absolute Gasteiger partial charge is 0.507 e. The monoisotopic (exact) mass is 457 g/mol. The smallest absolute Gasteiger partial charge is 0.300 e. The predicted molar refractivity (Wildman–Crippen MR) is 132 cm³/mol. The molecule has 174 valence electrons. The Morgan fingerprint density at radius 1 is 1.03 bits per heavy atom. The third-order valence-electron chi connectivity index (χ3n) is 6.05. The van der Waals surface area contributed by atoms with Gasteiger partial charge in [0.2, 0.25) is 0 Å². The van der Waals surface area contributed by atoms with Crippen LogP contribution in [0.3, 0.4) is 0 Å². The second-order valence-corrected chi connectivity index (χ2v) is 8.47. The maximum absolute atomic E-state index is 13.3. The van der Waals surface area contributed by atoms with Crippen molar-refractivity contribution < 1.29 is 19.4 Å². The molecule has 1 unspecified atom stereocenters. The van der Waals surface area contributed by atoms with Crippen LogP contribution in [0.2, 0.25) is 0 Å². The van der Waals surface area contributed by atoms with Crippen molar-refractivity contribution in [3.8, 4) is 5.75 Å². The Morgan fingerprint density at radius 2 is 1.74 bits per heavy atom. The summed E-state index contributed by atoms with van der Waals surface area (Å²) in [5.41, 5.74) is 4.00. The molecule has 1 N–H and O–H groups in total. The van der Waals surface area contributed by atoms with Gasteiger partial charge in [0.15, 0.2) is 0 Å². The Labute approximate surface area is 198 Å². The van der Waals surface area contributed by atoms with Gasteiger partial charge >= 0.3 is 0 Å². The van der Waals surface area contributed by atoms with Crippen molar-refractivity contribution in [1.82, 2.24) is 4.98 Å². The molecule has 3 aromatic rings. The van der Waals surface area contributed by atoms with Crippen LogP contribution in [0.1, 0.15) is 28.4 Å². The number of pyridine rings is 1. The first kappa shape index (κ1) is 23.0. The number of rotatable bonds is 5. The van der Waals surface area contributed by atoms with E-state index < -0.39 is 17.7 Å². The quantitative estimate of drug-likeness (QED) is 0.347. The van der Waals surface area contributed by atoms with Crippen molar-refractivity contribution in [3.05, 3.63) is 88.8 Å². The number of anilines is 2. The lowest BCUT2D eigenvalue weighted by atomic mass is 9.95. The van der Waals surface area contributed by atoms with E-state index in [2.05, 4.69) is 4.98 Å². The minimum atomic E-state index is -0.867. The maximum atomic E-state index is 13.3. The number of methoxy groups -OCH3 is 1. The van der Waals surface area contributed by atoms with E-state index in [0.29, 0.717) is 22.7 Å². The average molecular weight is 458 g/mol. The lowest BCUT2D eigenvalue weighted by molar-refractivity contribution is -0.132. The molecule has 2 heterocycles. The summed E-state index contributed by atoms with van der Waals surface area (Å²) in [6, 6.07) is 15.3. The molecule has 0 spiro atoms. The summed E-state index contributed by atoms with van der Waals surface area (Å²) in [6.07, 6.45) is 1.60. The molecule has 1 amide bonds. The molecule has 1 aliphatic heterocycles. The Hall–Kier alpha value is -4.13. The van der Waals surface area contributed by atoms with Crippen LogP contribution < -0.4 is 14.5 Å². The zero-order valence-electron chi connectivity index (χ0n) is 19.9. The Balaban J connectivity index is 1.92. The van der Waals surface area contributed by atoms with E-state index >= 15 is 0 Å². The molecule has 0 aliphatic carbocycles. The molecule has 1 aromatic heterocycles. The van der Waals surface area contributed by atoms with Gasteiger partial charge in [-0.05, 0) is 73.5 Å². The molecular formula is C27H27N3O4. The van der Waals surface area contributed by atoms with Crippen molar-refractivity contribution >= 4 is 28.8 Å². The fraction of sp³-hybridized carbons (Fsp3) is 0.222. The topological polar surface area (TPSA) is 83.0 Å². The second kappa shape index (κ2) is 9.02. The van der Waals surface area contributed by atoms with Gasteiger partial charge in [-0.1, -0.05) is 6.07 Å². The lowest BCUT2D eigenvalue weighted by Crippen LogP contribution is -2.29. The summed E-state index contributed by atoms with van der Waals surface area (Å²) in [7, 11) is 5.43. The second-order valence-electron chi connectivity index (χ2n) is 8.47. The number of carbonyl (C=O) groups is 2. The Morgan fingerprint density at radius 3 is 2.32 bits per heavy atom. The van der Waals surface area contributed by atoms with Crippen molar-refractivity contribution in [2.75, 3.05) is 31.0 Å². The van der Waals surface area contributed by atoms with E-state index in [9.17, 15) is 14.7 Å². The first-order chi connectivity index (χ1) is 16.2. The minimum Gasteiger partial charge on any atom is -0.507 e. The molecule has 1 saturated heterocycles. The number of amides is 1. The highest BCUT2D eigenvalue weighted by molar-refractivity contribution is 6.51. The van der Waals surface area contributed by atoms with Crippen LogP contribution in [-0.2, 0) is 9.59 Å². The van der Waals surface area contributed by atoms with Crippen molar-refractivity contribution in [2.24, 2.45) is 0 Å². The van der Waals surface area contributed by atoms with Crippen LogP contribution in [0.4, 0.5) is 11.4 Å². The third kappa shape index (κ3) is 3.90. The van der Waals surface area contributed by atoms with E-state index in [1.165, 1.54) is 4.90 Å². The lowest BCUT2D eigenvalue weighted by Gasteiger charge is -2.25. The first-order valence-corrected chi connectivity index (χ1v) is 10.9. The van der Waals surface area contributed by atoms with Crippen LogP contribution in [-0.4, -0.2) is 43.0 Å². The summed E-state index contributed by atoms with van der Waals surface area (Å²) in [4.78, 5) is 34.4. The van der Waals surface area contributed by atoms with Crippen LogP contribution in [0.5, 0.6) is 5.75 Å². The number of ketones is 1. The van der Waals surface area contributed by atoms with Gasteiger partial charge in [0.25, 0.3) is 11.7 Å². The van der Waals surface area contributed by atoms with Gasteiger partial charge in [0, 0.05) is 37.2 Å². The highest BCUT2D eigenvalue weighted by Gasteiger charge is 2.47. The number of hydrogen-bond acceptors (Lipinski definition) is 6. The molecule has 7 nitrogen and oxygen atoms in total. The van der Waals surface area contributed by atoms with Crippen molar-refractivity contribution in [3.63, 3.8) is 0 Å². The zero-order chi connectivity index (χ0) is 24.6. The molecule has 7 heteroatoms. The summed E-state index contributed by atoms with van der Waals surface area (Å²) >= 11 is 0. The molecule has 1 atom stereocenters. The number of carbonyl (C=O) groups excluding carboxylic acids is 2. The fourth-order valence-electron chi connectivity index (χ4n) is 4.24. The SMILES string of the molecule is COc1cc(C)c(/C(O)=C2\C(=O)C(=O)N(c3ccc(N(C)C)cc3)C2c2ccccn2)cc1C. The standard InChI is InChI=1S/C27H27N3O4/c1-16-15-22(34-5)17(2)14-20(16)25(31)23-24(21-8-6-7-13-28-21)30(27(33)26(23)32)19-11-9-18(10-12-19)29(3)4/h6-15,24,31H,1-5H3/b25-23+. The van der Waals surface area contributed by atoms with Crippen LogP contribution in [0.15, 0.2) is 66.4 Å². The van der Waals surface area contributed by atoms with E-state index in [1.54, 1.807) is 55.8 Å². The number of benzene rings is 2. The fourth-order valence-corrected chi connectivity index (χ4v) is 4.24. The summed E-state index contributed by atoms with van der Waals surface area (Å²) in [5, 5.41) is 11.4. The molecule has 2 aromatic carbocycles. The number of hydrogen-bond donors (Lipinski definition) is 1. The predicted octanol–water partition coefficient (Wildman–Crippen LogP) is 4.40. The van der Waals surface area contributed by atoms with Crippen LogP contribution >= 0.6 is 0 Å². The molecule has 1 fully saturated rings. The van der Waals surface area contributed by atoms with Crippen LogP contribution in [0.25, 0.3) is 5.76 Å². The maximum Gasteiger partial charge on any atom is 0.300 e. The number of nitrogens with zero attached hydrogens (tertiary/aromatic N) is 3. The molecule has 0 saturated carbocycles. The van der Waals surface area contributed by atoms with Gasteiger partial charge < -0.3 is 14.7 Å². The first-order valence-electron chi connectivity index (χ1n) is 10.9. The minimum absolute atomic E-state index is 0.00746. The molecular weight excluding hydrogens is 430 g/mol. The average Bonchev–Trinajstić information content (AvgIpc) is 3.10. The van der Waals surface area contributed by atoms with Gasteiger partial charge in [0.05, 0.1) is 18.4 Å². The van der Waals surface area contributed by atoms with Gasteiger partial charge in [-0.15, -0.1) is 0 Å². The highest BCUT2D eigenvalue weighted by Crippen LogP contribution is 2.42. The number of ether oxygens (including phenoxy) is 1. The molecule has 34 heavy (non-hydrogen) atoms. The Bertz CT molecular complexity index is 1280.